The number of carbonyl (C=O) groups is 7. The average Bonchev–Trinajstić information content (AvgIpc) is 1.04. The van der Waals surface area contributed by atoms with Gasteiger partial charge in [0, 0.05) is 64.3 Å². The molecular formula is C74H105N3O16Si. The maximum Gasteiger partial charge on any atom is 0.329 e. The Labute approximate surface area is 557 Å². The maximum atomic E-state index is 14.8. The number of piperidine rings is 1. The minimum absolute atomic E-state index is 0.0206. The highest BCUT2D eigenvalue weighted by molar-refractivity contribution is 6.99. The molecular weight excluding hydrogens is 1210 g/mol. The number of cyclic esters (lactones) is 1. The highest BCUT2D eigenvalue weighted by atomic mass is 28.4. The van der Waals surface area contributed by atoms with E-state index in [1.807, 2.05) is 87.5 Å². The molecule has 0 radical (unpaired) electrons. The van der Waals surface area contributed by atoms with Gasteiger partial charge in [-0.25, -0.2) is 9.59 Å². The van der Waals surface area contributed by atoms with E-state index in [1.54, 1.807) is 45.8 Å². The lowest BCUT2D eigenvalue weighted by Gasteiger charge is -2.43. The summed E-state index contributed by atoms with van der Waals surface area (Å²) in [7, 11) is -0.0463. The molecule has 2 aromatic rings. The van der Waals surface area contributed by atoms with Gasteiger partial charge < -0.3 is 53.2 Å². The van der Waals surface area contributed by atoms with Crippen molar-refractivity contribution in [1.29, 1.82) is 0 Å². The van der Waals surface area contributed by atoms with Gasteiger partial charge in [-0.3, -0.25) is 28.9 Å². The molecule has 94 heavy (non-hydrogen) atoms. The third kappa shape index (κ3) is 16.9. The summed E-state index contributed by atoms with van der Waals surface area (Å²) >= 11 is 0. The highest BCUT2D eigenvalue weighted by Crippen LogP contribution is 2.41. The van der Waals surface area contributed by atoms with Gasteiger partial charge in [0.1, 0.15) is 36.2 Å². The van der Waals surface area contributed by atoms with Crippen LogP contribution in [-0.4, -0.2) is 187 Å². The number of ketones is 3. The second-order valence-corrected chi connectivity index (χ2v) is 33.1. The smallest absolute Gasteiger partial charge is 0.329 e. The Kier molecular flexibility index (Phi) is 25.6. The summed E-state index contributed by atoms with van der Waals surface area (Å²) in [6, 6.07) is 17.9. The molecule has 6 aliphatic rings. The van der Waals surface area contributed by atoms with E-state index in [2.05, 4.69) is 45.0 Å². The van der Waals surface area contributed by atoms with Gasteiger partial charge in [0.05, 0.1) is 43.7 Å². The highest BCUT2D eigenvalue weighted by Gasteiger charge is 2.56. The summed E-state index contributed by atoms with van der Waals surface area (Å²) in [6.45, 7) is 19.4. The molecule has 8 rings (SSSR count). The Bertz CT molecular complexity index is 3030. The zero-order chi connectivity index (χ0) is 68.4. The summed E-state index contributed by atoms with van der Waals surface area (Å²) < 4.78 is 38.1. The molecule has 20 heteroatoms. The van der Waals surface area contributed by atoms with E-state index in [4.69, 9.17) is 28.1 Å². The monoisotopic (exact) mass is 1320 g/mol. The minimum atomic E-state index is -2.97. The fourth-order valence-corrected chi connectivity index (χ4v) is 19.8. The van der Waals surface area contributed by atoms with Crippen LogP contribution in [0.2, 0.25) is 5.04 Å². The molecule has 4 amide bonds. The third-order valence-corrected chi connectivity index (χ3v) is 25.9. The van der Waals surface area contributed by atoms with Crippen LogP contribution in [0.4, 0.5) is 4.79 Å². The van der Waals surface area contributed by atoms with Crippen LogP contribution in [0.1, 0.15) is 153 Å². The number of imide groups is 1. The summed E-state index contributed by atoms with van der Waals surface area (Å²) in [6.07, 6.45) is 9.02. The number of rotatable bonds is 13. The molecule has 2 bridgehead atoms. The van der Waals surface area contributed by atoms with Crippen molar-refractivity contribution >= 4 is 59.9 Å². The number of hydrogen-bond acceptors (Lipinski definition) is 16. The number of nitrogens with zero attached hydrogens (tertiary/aromatic N) is 3. The number of hydrogen-bond donors (Lipinski definition) is 3. The van der Waals surface area contributed by atoms with Gasteiger partial charge in [0.25, 0.3) is 25.9 Å². The van der Waals surface area contributed by atoms with Crippen LogP contribution >= 0.6 is 0 Å². The van der Waals surface area contributed by atoms with Gasteiger partial charge in [0.15, 0.2) is 5.78 Å². The second kappa shape index (κ2) is 32.5. The lowest BCUT2D eigenvalue weighted by Crippen LogP contribution is -2.67. The molecule has 0 spiro atoms. The Morgan fingerprint density at radius 2 is 1.45 bits per heavy atom. The first-order valence-corrected chi connectivity index (χ1v) is 36.2. The minimum Gasteiger partial charge on any atom is -0.460 e. The first-order valence-electron chi connectivity index (χ1n) is 34.3. The second-order valence-electron chi connectivity index (χ2n) is 28.8. The van der Waals surface area contributed by atoms with Crippen molar-refractivity contribution in [3.05, 3.63) is 108 Å². The summed E-state index contributed by atoms with van der Waals surface area (Å²) in [5, 5.41) is 36.6. The van der Waals surface area contributed by atoms with Gasteiger partial charge in [-0.1, -0.05) is 153 Å². The number of aliphatic hydroxyl groups is 3. The number of benzene rings is 2. The normalized spacial score (nSPS) is 34.1. The summed E-state index contributed by atoms with van der Waals surface area (Å²) in [5.41, 5.74) is 1.10. The SMILES string of the molecule is CO[C@@H]1C[C@H](C[C@@H](C)[C@@H]2CC(=O)[C@H](C)/C=C(\C)[C@@H](O)[C@@H](OC)C(=O)[C@H](C)C[C@H](C)/C=C/C=CC=C(C)C(O[C@@H]3C[C@H]4C(=O)N(CCO[Si](c5ccccc5)(c5ccccc5)C(C)(C)C)C(=O)N4C3)C[C@@H]3CC[C@@H](C)[C@@](O)(O3)C(=O)C(=O)N3CCCC[C@H]3C(=O)O2)CC[C@H]1O. The van der Waals surface area contributed by atoms with Crippen LogP contribution in [0.3, 0.4) is 0 Å². The van der Waals surface area contributed by atoms with Crippen molar-refractivity contribution in [2.75, 3.05) is 40.5 Å². The fraction of sp³-hybridized carbons (Fsp3) is 0.635. The van der Waals surface area contributed by atoms with Crippen molar-refractivity contribution in [1.82, 2.24) is 14.7 Å². The number of carbonyl (C=O) groups excluding carboxylic acids is 7. The van der Waals surface area contributed by atoms with E-state index in [1.165, 1.54) is 16.9 Å². The first-order chi connectivity index (χ1) is 44.6. The molecule has 516 valence electrons. The molecule has 2 aromatic carbocycles. The van der Waals surface area contributed by atoms with Crippen molar-refractivity contribution in [2.24, 2.45) is 35.5 Å². The molecule has 4 saturated heterocycles. The Morgan fingerprint density at radius 1 is 0.766 bits per heavy atom. The van der Waals surface area contributed by atoms with E-state index in [0.717, 1.165) is 15.9 Å². The number of urea groups is 1. The zero-order valence-corrected chi connectivity index (χ0v) is 58.5. The van der Waals surface area contributed by atoms with E-state index in [9.17, 15) is 48.9 Å². The van der Waals surface area contributed by atoms with Crippen molar-refractivity contribution in [3.8, 4) is 0 Å². The lowest BCUT2D eigenvalue weighted by molar-refractivity contribution is -0.266. The molecule has 1 saturated carbocycles. The summed E-state index contributed by atoms with van der Waals surface area (Å²) in [4.78, 5) is 105. The topological polar surface area (TPSA) is 245 Å². The number of Topliss-reactive ketones (excluding diaryl/α,β-unsaturated/α-hetero) is 3. The fourth-order valence-electron chi connectivity index (χ4n) is 15.3. The van der Waals surface area contributed by atoms with E-state index in [-0.39, 0.29) is 92.4 Å². The third-order valence-electron chi connectivity index (χ3n) is 20.9. The average molecular weight is 1320 g/mol. The van der Waals surface area contributed by atoms with Gasteiger partial charge in [-0.2, -0.15) is 0 Å². The standard InChI is InChI=1S/C74H105N3O16Si/c1-46-24-16-13-17-25-47(2)62(91-55-42-59-69(83)76(72(86)77(59)45-55)36-37-90-94(73(8,9)10,56-26-18-14-19-27-56)57-28-20-15-21-29-57)43-54-33-31-52(7)74(87,93-54)68(82)70(84)75-35-23-22-30-58(75)71(85)92-63(49(4)40-53-32-34-60(78)64(41-53)88-11)44-61(79)48(3)39-51(6)66(81)67(89-12)65(80)50(5)38-46/h13-21,24-29,39,46,48-50,52-55,58-60,62-64,66-67,78,81,87H,22-23,30-38,40-45H2,1-12H3/b17-13?,24-16+,47-25?,51-39+/t46-,48-,49-,50-,52-,53+,54+,55-,58+,59+,60-,62?,63+,64-,66-,67+,74-/m1/s1. The predicted molar refractivity (Wildman–Crippen MR) is 359 cm³/mol. The van der Waals surface area contributed by atoms with Crippen LogP contribution in [0.25, 0.3) is 0 Å². The Morgan fingerprint density at radius 3 is 2.09 bits per heavy atom. The number of ether oxygens (including phenoxy) is 5. The predicted octanol–water partition coefficient (Wildman–Crippen LogP) is 8.53. The maximum absolute atomic E-state index is 14.8. The summed E-state index contributed by atoms with van der Waals surface area (Å²) in [5.74, 6) is -9.15. The molecule has 3 N–H and O–H groups in total. The lowest BCUT2D eigenvalue weighted by atomic mass is 9.78. The molecule has 5 heterocycles. The zero-order valence-electron chi connectivity index (χ0n) is 57.5. The molecule has 5 fully saturated rings. The number of fused-ring (bicyclic) bond motifs is 4. The van der Waals surface area contributed by atoms with Gasteiger partial charge >= 0.3 is 12.0 Å². The van der Waals surface area contributed by atoms with Gasteiger partial charge in [0.2, 0.25) is 5.79 Å². The molecule has 1 unspecified atom stereocenters. The quantitative estimate of drug-likeness (QED) is 0.0559. The van der Waals surface area contributed by atoms with E-state index in [0.29, 0.717) is 63.4 Å². The van der Waals surface area contributed by atoms with Crippen LogP contribution in [0.15, 0.2) is 108 Å². The number of allylic oxidation sites excluding steroid dienone is 6. The van der Waals surface area contributed by atoms with Crippen molar-refractivity contribution < 1.29 is 77.0 Å². The van der Waals surface area contributed by atoms with Gasteiger partial charge in [-0.05, 0) is 122 Å². The van der Waals surface area contributed by atoms with Crippen LogP contribution < -0.4 is 10.4 Å². The van der Waals surface area contributed by atoms with Crippen LogP contribution in [0, 0.1) is 35.5 Å². The van der Waals surface area contributed by atoms with Crippen LogP contribution in [-0.2, 0) is 56.9 Å². The van der Waals surface area contributed by atoms with E-state index >= 15 is 0 Å². The van der Waals surface area contributed by atoms with Crippen molar-refractivity contribution in [2.45, 2.75) is 224 Å². The van der Waals surface area contributed by atoms with E-state index < -0.39 is 116 Å². The Balaban J connectivity index is 1.04. The van der Waals surface area contributed by atoms with Gasteiger partial charge in [-0.15, -0.1) is 0 Å². The largest absolute Gasteiger partial charge is 0.460 e. The number of methoxy groups -OCH3 is 2. The molecule has 5 aliphatic heterocycles. The molecule has 1 aliphatic carbocycles. The number of esters is 1. The Hall–Kier alpha value is -5.81. The van der Waals surface area contributed by atoms with Crippen molar-refractivity contribution in [3.63, 3.8) is 0 Å². The molecule has 17 atom stereocenters. The number of aliphatic hydroxyl groups excluding tert-OH is 2. The molecule has 19 nitrogen and oxygen atoms in total. The number of amides is 4. The molecule has 0 aromatic heterocycles. The first kappa shape index (κ1) is 74.0. The van der Waals surface area contributed by atoms with Crippen LogP contribution in [0.5, 0.6) is 0 Å².